The van der Waals surface area contributed by atoms with Gasteiger partial charge in [-0.15, -0.1) is 0 Å². The molecule has 1 aliphatic heterocycles. The van der Waals surface area contributed by atoms with Crippen LogP contribution in [0.2, 0.25) is 0 Å². The second-order valence-electron chi connectivity index (χ2n) is 9.91. The lowest BCUT2D eigenvalue weighted by Gasteiger charge is -2.36. The Balaban J connectivity index is 1.37. The standard InChI is InChI=1S/C28H25F2N9O3/c1-16-8-18(4-5-21(16)41-19-11-34-27-35-15-36-39(27)13-19)37-24-17(9-31)10-32-20-12-33-26(40-3)25(23(20)24)42-22-6-7-38(2)14-28(22,29)30/h4-5,8,10-13,15,22H,6-7,14H2,1-3H3,(H,32,37)/t22-/m1/s1. The summed E-state index contributed by atoms with van der Waals surface area (Å²) in [6.07, 6.45) is 6.13. The van der Waals surface area contributed by atoms with Crippen LogP contribution in [0.5, 0.6) is 23.1 Å². The largest absolute Gasteiger partial charge is 0.478 e. The van der Waals surface area contributed by atoms with Gasteiger partial charge in [-0.3, -0.25) is 4.98 Å². The number of piperidine rings is 1. The molecule has 4 aromatic heterocycles. The maximum absolute atomic E-state index is 15.0. The van der Waals surface area contributed by atoms with Crippen molar-refractivity contribution in [2.45, 2.75) is 25.4 Å². The van der Waals surface area contributed by atoms with Crippen LogP contribution in [-0.2, 0) is 0 Å². The molecule has 12 nitrogen and oxygen atoms in total. The minimum Gasteiger partial charge on any atom is -0.478 e. The minimum absolute atomic E-state index is 0.00931. The van der Waals surface area contributed by atoms with Gasteiger partial charge < -0.3 is 24.4 Å². The number of nitrogens with one attached hydrogen (secondary N) is 1. The van der Waals surface area contributed by atoms with E-state index in [1.807, 2.05) is 13.0 Å². The summed E-state index contributed by atoms with van der Waals surface area (Å²) < 4.78 is 48.9. The smallest absolute Gasteiger partial charge is 0.296 e. The van der Waals surface area contributed by atoms with E-state index in [0.29, 0.717) is 46.1 Å². The number of methoxy groups -OCH3 is 1. The molecular formula is C28H25F2N9O3. The predicted octanol–water partition coefficient (Wildman–Crippen LogP) is 4.51. The highest BCUT2D eigenvalue weighted by Gasteiger charge is 2.46. The van der Waals surface area contributed by atoms with E-state index in [1.54, 1.807) is 36.5 Å². The summed E-state index contributed by atoms with van der Waals surface area (Å²) in [4.78, 5) is 18.3. The first-order valence-electron chi connectivity index (χ1n) is 13.0. The molecule has 0 aliphatic carbocycles. The van der Waals surface area contributed by atoms with Gasteiger partial charge in [0.25, 0.3) is 17.6 Å². The van der Waals surface area contributed by atoms with E-state index in [1.165, 1.54) is 30.3 Å². The van der Waals surface area contributed by atoms with Gasteiger partial charge in [0.1, 0.15) is 18.1 Å². The number of anilines is 2. The van der Waals surface area contributed by atoms with E-state index in [2.05, 4.69) is 36.4 Å². The second kappa shape index (κ2) is 10.7. The summed E-state index contributed by atoms with van der Waals surface area (Å²) >= 11 is 0. The summed E-state index contributed by atoms with van der Waals surface area (Å²) in [5.41, 5.74) is 2.23. The molecule has 1 aliphatic rings. The van der Waals surface area contributed by atoms with Crippen LogP contribution < -0.4 is 19.5 Å². The highest BCUT2D eigenvalue weighted by molar-refractivity contribution is 6.01. The Hall–Kier alpha value is -5.16. The summed E-state index contributed by atoms with van der Waals surface area (Å²) in [7, 11) is 3.01. The van der Waals surface area contributed by atoms with Crippen molar-refractivity contribution in [1.29, 1.82) is 5.26 Å². The fraction of sp³-hybridized carbons (Fsp3) is 0.286. The Kier molecular flexibility index (Phi) is 6.87. The molecule has 14 heteroatoms. The van der Waals surface area contributed by atoms with E-state index in [4.69, 9.17) is 14.2 Å². The first-order chi connectivity index (χ1) is 20.3. The molecule has 0 spiro atoms. The van der Waals surface area contributed by atoms with Crippen LogP contribution in [0.4, 0.5) is 20.2 Å². The van der Waals surface area contributed by atoms with Crippen molar-refractivity contribution in [1.82, 2.24) is 34.4 Å². The molecule has 42 heavy (non-hydrogen) atoms. The van der Waals surface area contributed by atoms with Gasteiger partial charge in [0, 0.05) is 24.8 Å². The number of halogens is 2. The number of rotatable bonds is 7. The first kappa shape index (κ1) is 27.0. The molecule has 5 heterocycles. The molecule has 5 aromatic rings. The lowest BCUT2D eigenvalue weighted by molar-refractivity contribution is -0.135. The number of pyridine rings is 2. The third kappa shape index (κ3) is 5.06. The number of hydrogen-bond donors (Lipinski definition) is 1. The quantitative estimate of drug-likeness (QED) is 0.295. The van der Waals surface area contributed by atoms with Crippen molar-refractivity contribution in [3.8, 4) is 29.2 Å². The predicted molar refractivity (Wildman–Crippen MR) is 148 cm³/mol. The Morgan fingerprint density at radius 2 is 2.00 bits per heavy atom. The van der Waals surface area contributed by atoms with Crippen LogP contribution in [0.3, 0.4) is 0 Å². The third-order valence-electron chi connectivity index (χ3n) is 6.92. The molecule has 6 rings (SSSR count). The monoisotopic (exact) mass is 573 g/mol. The molecular weight excluding hydrogens is 548 g/mol. The van der Waals surface area contributed by atoms with Crippen molar-refractivity contribution >= 4 is 28.1 Å². The third-order valence-corrected chi connectivity index (χ3v) is 6.92. The van der Waals surface area contributed by atoms with E-state index in [-0.39, 0.29) is 23.6 Å². The van der Waals surface area contributed by atoms with Gasteiger partial charge in [-0.2, -0.15) is 15.3 Å². The van der Waals surface area contributed by atoms with Crippen molar-refractivity contribution in [2.24, 2.45) is 0 Å². The van der Waals surface area contributed by atoms with Gasteiger partial charge in [0.15, 0.2) is 17.6 Å². The molecule has 1 aromatic carbocycles. The lowest BCUT2D eigenvalue weighted by Crippen LogP contribution is -2.52. The molecule has 1 fully saturated rings. The van der Waals surface area contributed by atoms with Crippen LogP contribution in [0, 0.1) is 18.3 Å². The second-order valence-corrected chi connectivity index (χ2v) is 9.91. The van der Waals surface area contributed by atoms with Gasteiger partial charge in [0.05, 0.1) is 54.4 Å². The molecule has 214 valence electrons. The average molecular weight is 574 g/mol. The lowest BCUT2D eigenvalue weighted by atomic mass is 10.0. The van der Waals surface area contributed by atoms with Gasteiger partial charge in [-0.25, -0.2) is 23.3 Å². The number of nitriles is 1. The normalized spacial score (nSPS) is 16.7. The summed E-state index contributed by atoms with van der Waals surface area (Å²) in [6.45, 7) is 1.85. The van der Waals surface area contributed by atoms with Crippen LogP contribution in [0.25, 0.3) is 16.7 Å². The number of hydrogen-bond acceptors (Lipinski definition) is 11. The van der Waals surface area contributed by atoms with Crippen molar-refractivity contribution < 1.29 is 23.0 Å². The van der Waals surface area contributed by atoms with Crippen molar-refractivity contribution in [3.05, 3.63) is 60.4 Å². The van der Waals surface area contributed by atoms with Crippen LogP contribution in [0.1, 0.15) is 17.5 Å². The number of alkyl halides is 2. The zero-order chi connectivity index (χ0) is 29.4. The summed E-state index contributed by atoms with van der Waals surface area (Å²) in [5, 5.41) is 17.6. The zero-order valence-corrected chi connectivity index (χ0v) is 22.9. The fourth-order valence-corrected chi connectivity index (χ4v) is 4.85. The Bertz CT molecular complexity index is 1840. The van der Waals surface area contributed by atoms with Gasteiger partial charge in [0.2, 0.25) is 0 Å². The molecule has 0 unspecified atom stereocenters. The van der Waals surface area contributed by atoms with E-state index in [0.717, 1.165) is 5.56 Å². The zero-order valence-electron chi connectivity index (χ0n) is 22.9. The molecule has 0 saturated carbocycles. The summed E-state index contributed by atoms with van der Waals surface area (Å²) in [6, 6.07) is 7.48. The number of nitrogens with zero attached hydrogens (tertiary/aromatic N) is 8. The number of likely N-dealkylation sites (tertiary alicyclic amines) is 1. The van der Waals surface area contributed by atoms with Gasteiger partial charge >= 0.3 is 0 Å². The van der Waals surface area contributed by atoms with Crippen molar-refractivity contribution in [3.63, 3.8) is 0 Å². The van der Waals surface area contributed by atoms with Crippen LogP contribution >= 0.6 is 0 Å². The van der Waals surface area contributed by atoms with Crippen molar-refractivity contribution in [2.75, 3.05) is 32.6 Å². The molecule has 0 radical (unpaired) electrons. The number of fused-ring (bicyclic) bond motifs is 2. The van der Waals surface area contributed by atoms with E-state index < -0.39 is 18.6 Å². The highest BCUT2D eigenvalue weighted by atomic mass is 19.3. The molecule has 1 saturated heterocycles. The number of benzene rings is 1. The van der Waals surface area contributed by atoms with E-state index >= 15 is 0 Å². The Morgan fingerprint density at radius 3 is 2.76 bits per heavy atom. The van der Waals surface area contributed by atoms with E-state index in [9.17, 15) is 14.0 Å². The number of aryl methyl sites for hydroxylation is 1. The highest BCUT2D eigenvalue weighted by Crippen LogP contribution is 2.43. The molecule has 1 atom stereocenters. The maximum atomic E-state index is 15.0. The minimum atomic E-state index is -3.12. The topological polar surface area (TPSA) is 136 Å². The molecule has 0 bridgehead atoms. The first-order valence-corrected chi connectivity index (χ1v) is 13.0. The fourth-order valence-electron chi connectivity index (χ4n) is 4.85. The van der Waals surface area contributed by atoms with Gasteiger partial charge in [-0.05, 0) is 37.7 Å². The number of aromatic nitrogens is 6. The van der Waals surface area contributed by atoms with Crippen LogP contribution in [0.15, 0.2) is 49.3 Å². The van der Waals surface area contributed by atoms with Gasteiger partial charge in [-0.1, -0.05) is 0 Å². The summed E-state index contributed by atoms with van der Waals surface area (Å²) in [5.74, 6) is -1.63. The Labute approximate surface area is 238 Å². The average Bonchev–Trinajstić information content (AvgIpc) is 3.44. The molecule has 0 amide bonds. The van der Waals surface area contributed by atoms with Crippen LogP contribution in [-0.4, -0.2) is 73.7 Å². The number of ether oxygens (including phenoxy) is 3. The SMILES string of the molecule is COc1ncc2ncc(C#N)c(Nc3ccc(Oc4cnc5ncnn5c4)c(C)c3)c2c1O[C@@H]1CCN(C)CC1(F)F. The maximum Gasteiger partial charge on any atom is 0.296 e. The Morgan fingerprint density at radius 1 is 1.14 bits per heavy atom. The molecule has 1 N–H and O–H groups in total.